The Bertz CT molecular complexity index is 1140. The van der Waals surface area contributed by atoms with E-state index in [1.54, 1.807) is 0 Å². The van der Waals surface area contributed by atoms with Crippen LogP contribution in [0.3, 0.4) is 0 Å². The van der Waals surface area contributed by atoms with Crippen molar-refractivity contribution in [1.29, 1.82) is 0 Å². The Labute approximate surface area is 209 Å². The highest BCUT2D eigenvalue weighted by Crippen LogP contribution is 2.35. The van der Waals surface area contributed by atoms with Gasteiger partial charge in [0.25, 0.3) is 0 Å². The molecular weight excluding hydrogens is 438 g/mol. The molecule has 6 nitrogen and oxygen atoms in total. The quantitative estimate of drug-likeness (QED) is 0.416. The van der Waals surface area contributed by atoms with Gasteiger partial charge in [0.2, 0.25) is 5.91 Å². The van der Waals surface area contributed by atoms with Gasteiger partial charge in [-0.05, 0) is 46.5 Å². The number of aryl methyl sites for hydroxylation is 1. The van der Waals surface area contributed by atoms with Gasteiger partial charge in [0.05, 0.1) is 13.2 Å². The van der Waals surface area contributed by atoms with Crippen LogP contribution in [-0.2, 0) is 24.3 Å². The third-order valence-corrected chi connectivity index (χ3v) is 6.50. The highest BCUT2D eigenvalue weighted by atomic mass is 16.5. The molecule has 2 N–H and O–H groups in total. The van der Waals surface area contributed by atoms with E-state index in [0.29, 0.717) is 32.2 Å². The van der Waals surface area contributed by atoms with Gasteiger partial charge in [0.15, 0.2) is 11.5 Å². The maximum atomic E-state index is 13.5. The van der Waals surface area contributed by atoms with Crippen molar-refractivity contribution in [1.82, 2.24) is 15.2 Å². The summed E-state index contributed by atoms with van der Waals surface area (Å²) in [6, 6.07) is 12.6. The second kappa shape index (κ2) is 11.6. The van der Waals surface area contributed by atoms with Crippen molar-refractivity contribution >= 4 is 16.8 Å². The number of benzene rings is 2. The lowest BCUT2D eigenvalue weighted by Crippen LogP contribution is -2.40. The predicted octanol–water partition coefficient (Wildman–Crippen LogP) is 5.30. The minimum absolute atomic E-state index is 0.123. The SMILES string of the molecule is CCc1cc(CN(CC(C)C)C(=O)C(C)CNCc2cccc3cc[nH]c23)cc2c1OCCCO2. The molecule has 0 saturated carbocycles. The minimum Gasteiger partial charge on any atom is -0.490 e. The molecule has 4 rings (SSSR count). The molecule has 1 unspecified atom stereocenters. The number of nitrogens with zero attached hydrogens (tertiary/aromatic N) is 1. The van der Waals surface area contributed by atoms with E-state index in [9.17, 15) is 4.79 Å². The number of H-pyrrole nitrogens is 1. The Morgan fingerprint density at radius 1 is 1.11 bits per heavy atom. The number of rotatable bonds is 10. The van der Waals surface area contributed by atoms with Crippen LogP contribution in [0.25, 0.3) is 10.9 Å². The number of amides is 1. The van der Waals surface area contributed by atoms with E-state index in [-0.39, 0.29) is 11.8 Å². The van der Waals surface area contributed by atoms with Crippen LogP contribution in [0.15, 0.2) is 42.6 Å². The number of para-hydroxylation sites is 1. The van der Waals surface area contributed by atoms with E-state index in [0.717, 1.165) is 54.1 Å². The third kappa shape index (κ3) is 6.17. The third-order valence-electron chi connectivity index (χ3n) is 6.50. The molecule has 0 radical (unpaired) electrons. The Morgan fingerprint density at radius 3 is 2.74 bits per heavy atom. The summed E-state index contributed by atoms with van der Waals surface area (Å²) >= 11 is 0. The minimum atomic E-state index is -0.123. The number of ether oxygens (including phenoxy) is 2. The zero-order valence-corrected chi connectivity index (χ0v) is 21.5. The second-order valence-electron chi connectivity index (χ2n) is 9.99. The Morgan fingerprint density at radius 2 is 1.94 bits per heavy atom. The first kappa shape index (κ1) is 25.1. The number of aromatic nitrogens is 1. The molecule has 1 amide bonds. The number of nitrogens with one attached hydrogen (secondary N) is 2. The molecule has 35 heavy (non-hydrogen) atoms. The van der Waals surface area contributed by atoms with Crippen LogP contribution in [0.1, 0.15) is 50.8 Å². The van der Waals surface area contributed by atoms with Gasteiger partial charge in [-0.3, -0.25) is 4.79 Å². The number of carbonyl (C=O) groups excluding carboxylic acids is 1. The van der Waals surface area contributed by atoms with Crippen molar-refractivity contribution in [3.05, 3.63) is 59.3 Å². The zero-order valence-electron chi connectivity index (χ0n) is 21.5. The molecule has 2 aromatic carbocycles. The van der Waals surface area contributed by atoms with Crippen molar-refractivity contribution in [3.63, 3.8) is 0 Å². The monoisotopic (exact) mass is 477 g/mol. The molecule has 1 aliphatic rings. The van der Waals surface area contributed by atoms with Gasteiger partial charge in [0, 0.05) is 50.2 Å². The first-order chi connectivity index (χ1) is 17.0. The molecule has 0 bridgehead atoms. The summed E-state index contributed by atoms with van der Waals surface area (Å²) in [5.74, 6) is 2.11. The summed E-state index contributed by atoms with van der Waals surface area (Å²) in [6.45, 7) is 12.5. The second-order valence-corrected chi connectivity index (χ2v) is 9.99. The van der Waals surface area contributed by atoms with Crippen molar-refractivity contribution in [2.45, 2.75) is 53.6 Å². The first-order valence-corrected chi connectivity index (χ1v) is 12.9. The average molecular weight is 478 g/mol. The molecule has 1 aromatic heterocycles. The number of carbonyl (C=O) groups is 1. The molecule has 6 heteroatoms. The normalized spacial score (nSPS) is 14.2. The molecule has 3 aromatic rings. The summed E-state index contributed by atoms with van der Waals surface area (Å²) in [7, 11) is 0. The van der Waals surface area contributed by atoms with Gasteiger partial charge in [-0.2, -0.15) is 0 Å². The van der Waals surface area contributed by atoms with Gasteiger partial charge in [-0.25, -0.2) is 0 Å². The Balaban J connectivity index is 1.43. The summed E-state index contributed by atoms with van der Waals surface area (Å²) in [5.41, 5.74) is 4.61. The van der Waals surface area contributed by atoms with Crippen LogP contribution >= 0.6 is 0 Å². The number of hydrogen-bond acceptors (Lipinski definition) is 4. The molecule has 1 aliphatic heterocycles. The summed E-state index contributed by atoms with van der Waals surface area (Å²) < 4.78 is 11.9. The number of hydrogen-bond donors (Lipinski definition) is 2. The van der Waals surface area contributed by atoms with Gasteiger partial charge in [-0.15, -0.1) is 0 Å². The van der Waals surface area contributed by atoms with E-state index in [1.165, 1.54) is 10.9 Å². The molecule has 2 heterocycles. The van der Waals surface area contributed by atoms with Crippen LogP contribution in [0.5, 0.6) is 11.5 Å². The van der Waals surface area contributed by atoms with Crippen LogP contribution in [0.4, 0.5) is 0 Å². The smallest absolute Gasteiger partial charge is 0.226 e. The maximum absolute atomic E-state index is 13.5. The van der Waals surface area contributed by atoms with Crippen LogP contribution < -0.4 is 14.8 Å². The van der Waals surface area contributed by atoms with Crippen molar-refractivity contribution < 1.29 is 14.3 Å². The summed E-state index contributed by atoms with van der Waals surface area (Å²) in [4.78, 5) is 18.8. The van der Waals surface area contributed by atoms with Crippen molar-refractivity contribution in [3.8, 4) is 11.5 Å². The standard InChI is InChI=1S/C29H39N3O3/c1-5-23-14-22(15-26-28(23)35-13-7-12-34-26)19-32(18-20(2)3)29(33)21(4)16-30-17-25-9-6-8-24-10-11-31-27(24)25/h6,8-11,14-15,20-21,30-31H,5,7,12-13,16-19H2,1-4H3. The molecular formula is C29H39N3O3. The highest BCUT2D eigenvalue weighted by molar-refractivity contribution is 5.82. The zero-order chi connectivity index (χ0) is 24.8. The fraction of sp³-hybridized carbons (Fsp3) is 0.483. The molecule has 188 valence electrons. The van der Waals surface area contributed by atoms with E-state index < -0.39 is 0 Å². The lowest BCUT2D eigenvalue weighted by molar-refractivity contribution is -0.136. The lowest BCUT2D eigenvalue weighted by Gasteiger charge is -2.28. The number of aromatic amines is 1. The Hall–Kier alpha value is -2.99. The maximum Gasteiger partial charge on any atom is 0.226 e. The van der Waals surface area contributed by atoms with Gasteiger partial charge >= 0.3 is 0 Å². The lowest BCUT2D eigenvalue weighted by atomic mass is 10.0. The largest absolute Gasteiger partial charge is 0.490 e. The number of fused-ring (bicyclic) bond motifs is 2. The molecule has 0 fully saturated rings. The topological polar surface area (TPSA) is 66.6 Å². The van der Waals surface area contributed by atoms with Crippen LogP contribution in [0, 0.1) is 11.8 Å². The summed E-state index contributed by atoms with van der Waals surface area (Å²) in [6.07, 6.45) is 3.72. The predicted molar refractivity (Wildman–Crippen MR) is 141 cm³/mol. The van der Waals surface area contributed by atoms with Gasteiger partial charge < -0.3 is 24.7 Å². The van der Waals surface area contributed by atoms with Crippen molar-refractivity contribution in [2.24, 2.45) is 11.8 Å². The van der Waals surface area contributed by atoms with Gasteiger partial charge in [-0.1, -0.05) is 52.0 Å². The fourth-order valence-corrected chi connectivity index (χ4v) is 4.78. The Kier molecular flexibility index (Phi) is 8.34. The van der Waals surface area contributed by atoms with E-state index in [4.69, 9.17) is 9.47 Å². The average Bonchev–Trinajstić information content (AvgIpc) is 3.21. The van der Waals surface area contributed by atoms with Crippen LogP contribution in [-0.4, -0.2) is 42.1 Å². The van der Waals surface area contributed by atoms with Gasteiger partial charge in [0.1, 0.15) is 0 Å². The molecule has 0 saturated heterocycles. The fourth-order valence-electron chi connectivity index (χ4n) is 4.78. The highest BCUT2D eigenvalue weighted by Gasteiger charge is 2.23. The van der Waals surface area contributed by atoms with Crippen LogP contribution in [0.2, 0.25) is 0 Å². The van der Waals surface area contributed by atoms with E-state index in [1.807, 2.05) is 18.0 Å². The molecule has 0 spiro atoms. The molecule has 0 aliphatic carbocycles. The summed E-state index contributed by atoms with van der Waals surface area (Å²) in [5, 5.41) is 4.71. The van der Waals surface area contributed by atoms with Crippen molar-refractivity contribution in [2.75, 3.05) is 26.3 Å². The first-order valence-electron chi connectivity index (χ1n) is 12.9. The molecule has 1 atom stereocenters. The van der Waals surface area contributed by atoms with E-state index >= 15 is 0 Å². The van der Waals surface area contributed by atoms with E-state index in [2.05, 4.69) is 67.5 Å².